The quantitative estimate of drug-likeness (QED) is 0.608. The number of likely N-dealkylation sites (tertiary alicyclic amines) is 1. The molecular weight excluding hydrogens is 396 g/mol. The zero-order chi connectivity index (χ0) is 23.8. The summed E-state index contributed by atoms with van der Waals surface area (Å²) in [6.07, 6.45) is 3.08. The van der Waals surface area contributed by atoms with Crippen LogP contribution < -0.4 is 10.2 Å². The van der Waals surface area contributed by atoms with Gasteiger partial charge in [0.25, 0.3) is 5.91 Å². The molecule has 1 aromatic rings. The molecular formula is C24H41BFNO4. The average molecular weight is 437 g/mol. The van der Waals surface area contributed by atoms with E-state index in [9.17, 15) is 9.18 Å². The molecule has 2 heterocycles. The van der Waals surface area contributed by atoms with Crippen molar-refractivity contribution in [1.82, 2.24) is 4.90 Å². The molecule has 5 nitrogen and oxygen atoms in total. The molecule has 31 heavy (non-hydrogen) atoms. The molecule has 0 atom stereocenters. The molecule has 0 aliphatic carbocycles. The molecule has 0 bridgehead atoms. The Bertz CT molecular complexity index is 702. The number of hydrogen-bond acceptors (Lipinski definition) is 4. The number of amides is 1. The minimum atomic E-state index is -0.839. The normalized spacial score (nSPS) is 19.0. The van der Waals surface area contributed by atoms with Crippen LogP contribution in [0, 0.1) is 5.82 Å². The maximum absolute atomic E-state index is 15.0. The maximum atomic E-state index is 15.0. The highest BCUT2D eigenvalue weighted by Crippen LogP contribution is 2.37. The molecule has 0 aromatic heterocycles. The number of ether oxygens (including phenoxy) is 1. The third kappa shape index (κ3) is 6.22. The third-order valence-electron chi connectivity index (χ3n) is 5.78. The monoisotopic (exact) mass is 437 g/mol. The summed E-state index contributed by atoms with van der Waals surface area (Å²) in [4.78, 5) is 14.7. The van der Waals surface area contributed by atoms with Crippen LogP contribution >= 0.6 is 0 Å². The molecule has 7 heteroatoms. The Balaban J connectivity index is 0.00000113. The first-order chi connectivity index (χ1) is 14.7. The molecule has 3 rings (SSSR count). The standard InChI is InChI=1S/C20H29BFNO4.2C2H6/c1-6-25-17-13-15(21-26-19(2,3)20(4,5)27-21)16(22)12-14(17)18(24)23-10-8-7-9-11-23;2*1-2/h12-13H,6-11H2,1-5H3;2*1-2H3. The van der Waals surface area contributed by atoms with Crippen LogP contribution in [-0.2, 0) is 9.31 Å². The van der Waals surface area contributed by atoms with E-state index < -0.39 is 24.1 Å². The van der Waals surface area contributed by atoms with Gasteiger partial charge in [0.2, 0.25) is 0 Å². The second-order valence-corrected chi connectivity index (χ2v) is 8.24. The van der Waals surface area contributed by atoms with Gasteiger partial charge in [-0.05, 0) is 66.0 Å². The molecule has 2 aliphatic heterocycles. The van der Waals surface area contributed by atoms with Crippen LogP contribution in [0.25, 0.3) is 0 Å². The lowest BCUT2D eigenvalue weighted by atomic mass is 9.78. The van der Waals surface area contributed by atoms with Crippen LogP contribution in [0.15, 0.2) is 12.1 Å². The summed E-state index contributed by atoms with van der Waals surface area (Å²) in [6.45, 7) is 19.3. The molecule has 0 unspecified atom stereocenters. The Morgan fingerprint density at radius 3 is 2.03 bits per heavy atom. The SMILES string of the molecule is CC.CC.CCOc1cc(B2OC(C)(C)C(C)(C)O2)c(F)cc1C(=O)N1CCCCC1. The largest absolute Gasteiger partial charge is 0.497 e. The van der Waals surface area contributed by atoms with E-state index in [1.807, 2.05) is 62.3 Å². The van der Waals surface area contributed by atoms with Gasteiger partial charge in [-0.1, -0.05) is 27.7 Å². The minimum absolute atomic E-state index is 0.183. The average Bonchev–Trinajstić information content (AvgIpc) is 2.99. The topological polar surface area (TPSA) is 48.0 Å². The summed E-state index contributed by atoms with van der Waals surface area (Å²) in [5.41, 5.74) is -0.625. The number of nitrogens with zero attached hydrogens (tertiary/aromatic N) is 1. The van der Waals surface area contributed by atoms with Crippen molar-refractivity contribution in [2.24, 2.45) is 0 Å². The molecule has 176 valence electrons. The first-order valence-corrected chi connectivity index (χ1v) is 11.8. The lowest BCUT2D eigenvalue weighted by molar-refractivity contribution is 0.00578. The highest BCUT2D eigenvalue weighted by Gasteiger charge is 2.52. The number of carbonyl (C=O) groups excluding carboxylic acids is 1. The second kappa shape index (κ2) is 11.9. The van der Waals surface area contributed by atoms with Crippen LogP contribution in [0.5, 0.6) is 5.75 Å². The van der Waals surface area contributed by atoms with Gasteiger partial charge in [-0.3, -0.25) is 4.79 Å². The Morgan fingerprint density at radius 1 is 1.03 bits per heavy atom. The molecule has 0 saturated carbocycles. The zero-order valence-corrected chi connectivity index (χ0v) is 20.9. The van der Waals surface area contributed by atoms with Gasteiger partial charge in [0.15, 0.2) is 0 Å². The number of benzene rings is 1. The highest BCUT2D eigenvalue weighted by atomic mass is 19.1. The maximum Gasteiger partial charge on any atom is 0.497 e. The number of carbonyl (C=O) groups is 1. The molecule has 0 radical (unpaired) electrons. The Labute approximate surface area is 188 Å². The fourth-order valence-electron chi connectivity index (χ4n) is 3.43. The molecule has 1 aromatic carbocycles. The van der Waals surface area contributed by atoms with Gasteiger partial charge in [0.1, 0.15) is 11.6 Å². The summed E-state index contributed by atoms with van der Waals surface area (Å²) >= 11 is 0. The van der Waals surface area contributed by atoms with E-state index >= 15 is 0 Å². The predicted octanol–water partition coefficient (Wildman–Crippen LogP) is 5.20. The van der Waals surface area contributed by atoms with Gasteiger partial charge in [-0.2, -0.15) is 0 Å². The van der Waals surface area contributed by atoms with Crippen molar-refractivity contribution in [3.05, 3.63) is 23.5 Å². The van der Waals surface area contributed by atoms with Crippen LogP contribution in [-0.4, -0.2) is 48.8 Å². The Morgan fingerprint density at radius 2 is 1.55 bits per heavy atom. The van der Waals surface area contributed by atoms with Gasteiger partial charge < -0.3 is 18.9 Å². The summed E-state index contributed by atoms with van der Waals surface area (Å²) in [5, 5.41) is 0. The zero-order valence-electron chi connectivity index (χ0n) is 20.9. The van der Waals surface area contributed by atoms with Gasteiger partial charge in [-0.15, -0.1) is 0 Å². The number of rotatable bonds is 4. The molecule has 2 fully saturated rings. The predicted molar refractivity (Wildman–Crippen MR) is 126 cm³/mol. The number of halogens is 1. The summed E-state index contributed by atoms with van der Waals surface area (Å²) in [5.74, 6) is -0.325. The molecule has 2 aliphatic rings. The van der Waals surface area contributed by atoms with E-state index in [1.54, 1.807) is 11.0 Å². The van der Waals surface area contributed by atoms with Crippen LogP contribution in [0.4, 0.5) is 4.39 Å². The Kier molecular flexibility index (Phi) is 10.5. The smallest absolute Gasteiger partial charge is 0.493 e. The van der Waals surface area contributed by atoms with Crippen molar-refractivity contribution in [1.29, 1.82) is 0 Å². The van der Waals surface area contributed by atoms with Crippen LogP contribution in [0.3, 0.4) is 0 Å². The molecule has 0 spiro atoms. The fraction of sp³-hybridized carbons (Fsp3) is 0.708. The molecule has 2 saturated heterocycles. The van der Waals surface area contributed by atoms with E-state index in [2.05, 4.69) is 0 Å². The van der Waals surface area contributed by atoms with Crippen molar-refractivity contribution in [3.8, 4) is 5.75 Å². The Hall–Kier alpha value is -1.60. The lowest BCUT2D eigenvalue weighted by Crippen LogP contribution is -2.41. The van der Waals surface area contributed by atoms with Crippen LogP contribution in [0.1, 0.15) is 91.9 Å². The summed E-state index contributed by atoms with van der Waals surface area (Å²) < 4.78 is 32.6. The van der Waals surface area contributed by atoms with Gasteiger partial charge >= 0.3 is 7.12 Å². The van der Waals surface area contributed by atoms with Gasteiger partial charge in [0.05, 0.1) is 23.4 Å². The fourth-order valence-corrected chi connectivity index (χ4v) is 3.43. The molecule has 0 N–H and O–H groups in total. The minimum Gasteiger partial charge on any atom is -0.493 e. The van der Waals surface area contributed by atoms with Crippen molar-refractivity contribution in [2.75, 3.05) is 19.7 Å². The van der Waals surface area contributed by atoms with Crippen molar-refractivity contribution in [2.45, 2.75) is 92.8 Å². The van der Waals surface area contributed by atoms with E-state index in [0.29, 0.717) is 25.4 Å². The number of piperidine rings is 1. The molecule has 1 amide bonds. The summed E-state index contributed by atoms with van der Waals surface area (Å²) in [6, 6.07) is 2.82. The van der Waals surface area contributed by atoms with E-state index in [-0.39, 0.29) is 16.9 Å². The van der Waals surface area contributed by atoms with Gasteiger partial charge in [-0.25, -0.2) is 4.39 Å². The van der Waals surface area contributed by atoms with Crippen LogP contribution in [0.2, 0.25) is 0 Å². The first-order valence-electron chi connectivity index (χ1n) is 11.8. The van der Waals surface area contributed by atoms with E-state index in [4.69, 9.17) is 14.0 Å². The van der Waals surface area contributed by atoms with E-state index in [1.165, 1.54) is 6.07 Å². The van der Waals surface area contributed by atoms with Gasteiger partial charge in [0, 0.05) is 18.6 Å². The van der Waals surface area contributed by atoms with E-state index in [0.717, 1.165) is 19.3 Å². The first kappa shape index (κ1) is 27.4. The highest BCUT2D eigenvalue weighted by molar-refractivity contribution is 6.62. The lowest BCUT2D eigenvalue weighted by Gasteiger charge is -2.32. The third-order valence-corrected chi connectivity index (χ3v) is 5.78. The summed E-state index contributed by atoms with van der Waals surface area (Å²) in [7, 11) is -0.839. The second-order valence-electron chi connectivity index (χ2n) is 8.24. The number of hydrogen-bond donors (Lipinski definition) is 0. The van der Waals surface area contributed by atoms with Crippen molar-refractivity contribution < 1.29 is 23.2 Å². The van der Waals surface area contributed by atoms with Crippen molar-refractivity contribution >= 4 is 18.5 Å². The van der Waals surface area contributed by atoms with Crippen molar-refractivity contribution in [3.63, 3.8) is 0 Å².